The largest absolute Gasteiger partial charge is 0.436 e. The van der Waals surface area contributed by atoms with Crippen molar-refractivity contribution < 1.29 is 14.3 Å². The number of aryl methyl sites for hydroxylation is 2. The highest BCUT2D eigenvalue weighted by Crippen LogP contribution is 2.13. The zero-order chi connectivity index (χ0) is 13.0. The summed E-state index contributed by atoms with van der Waals surface area (Å²) in [5.41, 5.74) is 0.580. The highest BCUT2D eigenvalue weighted by molar-refractivity contribution is 7.99. The zero-order valence-corrected chi connectivity index (χ0v) is 11.3. The Hall–Kier alpha value is -1.01. The number of amides is 1. The van der Waals surface area contributed by atoms with Gasteiger partial charge in [0, 0.05) is 18.2 Å². The average Bonchev–Trinajstić information content (AvgIpc) is 2.59. The molecule has 1 aromatic rings. The summed E-state index contributed by atoms with van der Waals surface area (Å²) in [4.78, 5) is 15.9. The lowest BCUT2D eigenvalue weighted by atomic mass is 10.2. The molecule has 0 fully saturated rings. The molecule has 1 aromatic heterocycles. The maximum Gasteiger partial charge on any atom is 0.289 e. The monoisotopic (exact) mass is 258 g/mol. The van der Waals surface area contributed by atoms with Gasteiger partial charge in [-0.25, -0.2) is 4.98 Å². The topological polar surface area (TPSA) is 75.4 Å². The summed E-state index contributed by atoms with van der Waals surface area (Å²) in [6, 6.07) is -0.132. The molecule has 2 atom stereocenters. The molecule has 0 radical (unpaired) electrons. The summed E-state index contributed by atoms with van der Waals surface area (Å²) in [6.07, 6.45) is 1.90. The third-order valence-electron chi connectivity index (χ3n) is 2.51. The molecule has 0 saturated heterocycles. The van der Waals surface area contributed by atoms with Crippen LogP contribution in [-0.2, 0) is 0 Å². The van der Waals surface area contributed by atoms with Gasteiger partial charge in [-0.2, -0.15) is 11.8 Å². The van der Waals surface area contributed by atoms with Crippen molar-refractivity contribution in [3.05, 3.63) is 17.3 Å². The van der Waals surface area contributed by atoms with E-state index in [1.165, 1.54) is 11.8 Å². The van der Waals surface area contributed by atoms with Gasteiger partial charge in [-0.3, -0.25) is 4.79 Å². The van der Waals surface area contributed by atoms with E-state index in [1.54, 1.807) is 13.8 Å². The van der Waals surface area contributed by atoms with Crippen LogP contribution in [0.2, 0.25) is 0 Å². The van der Waals surface area contributed by atoms with Gasteiger partial charge in [-0.1, -0.05) is 0 Å². The first kappa shape index (κ1) is 14.1. The molecule has 96 valence electrons. The van der Waals surface area contributed by atoms with Gasteiger partial charge in [-0.05, 0) is 20.1 Å². The summed E-state index contributed by atoms with van der Waals surface area (Å²) in [5, 5.41) is 11.9. The maximum atomic E-state index is 11.9. The Kier molecular flexibility index (Phi) is 5.02. The van der Waals surface area contributed by atoms with Crippen LogP contribution in [-0.4, -0.2) is 40.2 Å². The predicted octanol–water partition coefficient (Wildman–Crippen LogP) is 1.13. The van der Waals surface area contributed by atoms with Crippen molar-refractivity contribution in [3.8, 4) is 0 Å². The first-order valence-electron chi connectivity index (χ1n) is 5.38. The third kappa shape index (κ3) is 3.47. The molecule has 0 aliphatic rings. The SMILES string of the molecule is CSC(CO)C(C)NC(=O)c1oc(C)nc1C. The predicted molar refractivity (Wildman–Crippen MR) is 67.3 cm³/mol. The van der Waals surface area contributed by atoms with Gasteiger partial charge in [-0.15, -0.1) is 0 Å². The first-order chi connectivity index (χ1) is 7.99. The number of nitrogens with zero attached hydrogens (tertiary/aromatic N) is 1. The van der Waals surface area contributed by atoms with Crippen molar-refractivity contribution in [1.82, 2.24) is 10.3 Å². The number of aliphatic hydroxyl groups is 1. The fourth-order valence-electron chi connectivity index (χ4n) is 1.54. The number of thioether (sulfide) groups is 1. The number of hydrogen-bond donors (Lipinski definition) is 2. The fraction of sp³-hybridized carbons (Fsp3) is 0.636. The maximum absolute atomic E-state index is 11.9. The molecule has 0 spiro atoms. The molecule has 2 N–H and O–H groups in total. The summed E-state index contributed by atoms with van der Waals surface area (Å²) < 4.78 is 5.23. The number of nitrogens with one attached hydrogen (secondary N) is 1. The van der Waals surface area contributed by atoms with Crippen LogP contribution in [0.25, 0.3) is 0 Å². The van der Waals surface area contributed by atoms with Crippen molar-refractivity contribution in [2.45, 2.75) is 32.1 Å². The molecular formula is C11H18N2O3S. The van der Waals surface area contributed by atoms with E-state index < -0.39 is 0 Å². The number of carbonyl (C=O) groups is 1. The Labute approximate surface area is 105 Å². The average molecular weight is 258 g/mol. The molecule has 1 rings (SSSR count). The smallest absolute Gasteiger partial charge is 0.289 e. The molecule has 0 bridgehead atoms. The van der Waals surface area contributed by atoms with Gasteiger partial charge in [0.2, 0.25) is 5.76 Å². The second-order valence-electron chi connectivity index (χ2n) is 3.87. The minimum absolute atomic E-state index is 0.0247. The molecule has 1 amide bonds. The Morgan fingerprint density at radius 3 is 2.65 bits per heavy atom. The van der Waals surface area contributed by atoms with E-state index in [1.807, 2.05) is 13.2 Å². The van der Waals surface area contributed by atoms with E-state index in [4.69, 9.17) is 9.52 Å². The molecule has 0 aliphatic carbocycles. The van der Waals surface area contributed by atoms with Crippen LogP contribution >= 0.6 is 11.8 Å². The molecular weight excluding hydrogens is 240 g/mol. The van der Waals surface area contributed by atoms with Crippen LogP contribution in [0.5, 0.6) is 0 Å². The molecule has 0 aliphatic heterocycles. The van der Waals surface area contributed by atoms with Gasteiger partial charge in [0.1, 0.15) is 0 Å². The van der Waals surface area contributed by atoms with Crippen LogP contribution in [0.1, 0.15) is 29.1 Å². The van der Waals surface area contributed by atoms with Gasteiger partial charge in [0.05, 0.1) is 12.3 Å². The lowest BCUT2D eigenvalue weighted by molar-refractivity contribution is 0.0905. The van der Waals surface area contributed by atoms with Crippen molar-refractivity contribution in [3.63, 3.8) is 0 Å². The van der Waals surface area contributed by atoms with Gasteiger partial charge < -0.3 is 14.8 Å². The van der Waals surface area contributed by atoms with Crippen LogP contribution in [0.15, 0.2) is 4.42 Å². The number of oxazole rings is 1. The Balaban J connectivity index is 2.69. The van der Waals surface area contributed by atoms with E-state index in [0.717, 1.165) is 0 Å². The summed E-state index contributed by atoms with van der Waals surface area (Å²) >= 11 is 1.51. The summed E-state index contributed by atoms with van der Waals surface area (Å²) in [5.74, 6) is 0.430. The number of carbonyl (C=O) groups excluding carboxylic acids is 1. The number of aromatic nitrogens is 1. The first-order valence-corrected chi connectivity index (χ1v) is 6.67. The third-order valence-corrected chi connectivity index (χ3v) is 3.67. The van der Waals surface area contributed by atoms with Crippen LogP contribution < -0.4 is 5.32 Å². The molecule has 1 heterocycles. The van der Waals surface area contributed by atoms with Crippen molar-refractivity contribution in [2.24, 2.45) is 0 Å². The Morgan fingerprint density at radius 2 is 2.24 bits per heavy atom. The van der Waals surface area contributed by atoms with E-state index in [-0.39, 0.29) is 29.6 Å². The highest BCUT2D eigenvalue weighted by atomic mass is 32.2. The normalized spacial score (nSPS) is 14.4. The second-order valence-corrected chi connectivity index (χ2v) is 4.94. The van der Waals surface area contributed by atoms with Gasteiger partial charge in [0.25, 0.3) is 5.91 Å². The van der Waals surface area contributed by atoms with Crippen molar-refractivity contribution >= 4 is 17.7 Å². The molecule has 5 nitrogen and oxygen atoms in total. The number of aliphatic hydroxyl groups excluding tert-OH is 1. The minimum Gasteiger partial charge on any atom is -0.436 e. The fourth-order valence-corrected chi connectivity index (χ4v) is 2.17. The van der Waals surface area contributed by atoms with E-state index >= 15 is 0 Å². The number of hydrogen-bond acceptors (Lipinski definition) is 5. The molecule has 17 heavy (non-hydrogen) atoms. The van der Waals surface area contributed by atoms with E-state index in [9.17, 15) is 4.79 Å². The highest BCUT2D eigenvalue weighted by Gasteiger charge is 2.21. The quantitative estimate of drug-likeness (QED) is 0.828. The zero-order valence-electron chi connectivity index (χ0n) is 10.5. The standard InChI is InChI=1S/C11H18N2O3S/c1-6(9(5-14)17-4)13-11(15)10-7(2)12-8(3)16-10/h6,9,14H,5H2,1-4H3,(H,13,15). The van der Waals surface area contributed by atoms with Crippen LogP contribution in [0.4, 0.5) is 0 Å². The molecule has 0 saturated carbocycles. The van der Waals surface area contributed by atoms with Crippen molar-refractivity contribution in [1.29, 1.82) is 0 Å². The second kappa shape index (κ2) is 6.07. The lowest BCUT2D eigenvalue weighted by Gasteiger charge is -2.20. The Bertz CT molecular complexity index is 388. The van der Waals surface area contributed by atoms with Crippen molar-refractivity contribution in [2.75, 3.05) is 12.9 Å². The molecule has 2 unspecified atom stereocenters. The van der Waals surface area contributed by atoms with Crippen LogP contribution in [0, 0.1) is 13.8 Å². The summed E-state index contributed by atoms with van der Waals surface area (Å²) in [6.45, 7) is 5.31. The van der Waals surface area contributed by atoms with Gasteiger partial charge in [0.15, 0.2) is 5.89 Å². The minimum atomic E-state index is -0.289. The number of rotatable bonds is 5. The lowest BCUT2D eigenvalue weighted by Crippen LogP contribution is -2.41. The summed E-state index contributed by atoms with van der Waals surface area (Å²) in [7, 11) is 0. The Morgan fingerprint density at radius 1 is 1.59 bits per heavy atom. The van der Waals surface area contributed by atoms with Crippen LogP contribution in [0.3, 0.4) is 0 Å². The molecule has 0 aromatic carbocycles. The van der Waals surface area contributed by atoms with E-state index in [2.05, 4.69) is 10.3 Å². The molecule has 6 heteroatoms. The van der Waals surface area contributed by atoms with E-state index in [0.29, 0.717) is 11.6 Å². The van der Waals surface area contributed by atoms with Gasteiger partial charge >= 0.3 is 0 Å².